The number of anilines is 1. The Labute approximate surface area is 121 Å². The van der Waals surface area contributed by atoms with E-state index < -0.39 is 9.05 Å². The summed E-state index contributed by atoms with van der Waals surface area (Å²) >= 11 is 3.09. The van der Waals surface area contributed by atoms with Crippen molar-refractivity contribution in [3.63, 3.8) is 0 Å². The molecule has 1 aromatic heterocycles. The van der Waals surface area contributed by atoms with Gasteiger partial charge < -0.3 is 5.32 Å². The molecule has 1 aromatic carbocycles. The van der Waals surface area contributed by atoms with Gasteiger partial charge in [0.15, 0.2) is 0 Å². The lowest BCUT2D eigenvalue weighted by Gasteiger charge is -2.06. The van der Waals surface area contributed by atoms with Crippen LogP contribution in [0.15, 0.2) is 40.0 Å². The molecule has 0 spiro atoms. The van der Waals surface area contributed by atoms with Crippen molar-refractivity contribution in [1.82, 2.24) is 10.2 Å². The van der Waals surface area contributed by atoms with Crippen LogP contribution in [-0.4, -0.2) is 24.5 Å². The normalized spacial score (nSPS) is 11.3. The molecular formula is C10H7BrClN3O3S. The molecule has 0 saturated heterocycles. The van der Waals surface area contributed by atoms with E-state index in [9.17, 15) is 13.2 Å². The molecule has 0 aliphatic rings. The molecule has 0 saturated carbocycles. The summed E-state index contributed by atoms with van der Waals surface area (Å²) in [5, 5.41) is 8.77. The Bertz CT molecular complexity index is 716. The van der Waals surface area contributed by atoms with Crippen LogP contribution < -0.4 is 5.32 Å². The number of aromatic amines is 1. The van der Waals surface area contributed by atoms with Gasteiger partial charge in [0.2, 0.25) is 0 Å². The fraction of sp³-hybridized carbons (Fsp3) is 0. The van der Waals surface area contributed by atoms with Crippen molar-refractivity contribution in [3.05, 3.63) is 40.6 Å². The second-order valence-electron chi connectivity index (χ2n) is 3.52. The number of rotatable bonds is 3. The van der Waals surface area contributed by atoms with Crippen LogP contribution in [0.4, 0.5) is 5.69 Å². The smallest absolute Gasteiger partial charge is 0.262 e. The first kappa shape index (κ1) is 14.0. The Hall–Kier alpha value is -1.38. The Balaban J connectivity index is 2.24. The largest absolute Gasteiger partial charge is 0.322 e. The Kier molecular flexibility index (Phi) is 3.93. The van der Waals surface area contributed by atoms with Gasteiger partial charge in [-0.05, 0) is 34.1 Å². The maximum absolute atomic E-state index is 11.7. The van der Waals surface area contributed by atoms with Crippen LogP contribution in [0.3, 0.4) is 0 Å². The first-order valence-corrected chi connectivity index (χ1v) is 8.02. The minimum atomic E-state index is -3.82. The van der Waals surface area contributed by atoms with Crippen molar-refractivity contribution in [2.75, 3.05) is 5.32 Å². The number of nitrogens with one attached hydrogen (secondary N) is 2. The first-order valence-electron chi connectivity index (χ1n) is 4.92. The lowest BCUT2D eigenvalue weighted by molar-refractivity contribution is 0.102. The zero-order valence-electron chi connectivity index (χ0n) is 9.22. The maximum atomic E-state index is 11.7. The summed E-state index contributed by atoms with van der Waals surface area (Å²) in [5.74, 6) is -0.359. The van der Waals surface area contributed by atoms with Crippen molar-refractivity contribution in [2.45, 2.75) is 4.90 Å². The third kappa shape index (κ3) is 3.34. The predicted octanol–water partition coefficient (Wildman–Crippen LogP) is 2.35. The topological polar surface area (TPSA) is 91.9 Å². The summed E-state index contributed by atoms with van der Waals surface area (Å²) in [6.45, 7) is 0. The van der Waals surface area contributed by atoms with Gasteiger partial charge in [0.1, 0.15) is 0 Å². The molecule has 2 aromatic rings. The van der Waals surface area contributed by atoms with Crippen molar-refractivity contribution < 1.29 is 13.2 Å². The van der Waals surface area contributed by atoms with Crippen LogP contribution in [-0.2, 0) is 9.05 Å². The number of benzene rings is 1. The predicted molar refractivity (Wildman–Crippen MR) is 73.7 cm³/mol. The minimum Gasteiger partial charge on any atom is -0.322 e. The molecule has 0 aliphatic carbocycles. The highest BCUT2D eigenvalue weighted by Crippen LogP contribution is 2.28. The van der Waals surface area contributed by atoms with Gasteiger partial charge in [0.25, 0.3) is 15.0 Å². The Morgan fingerprint density at radius 2 is 2.16 bits per heavy atom. The van der Waals surface area contributed by atoms with Gasteiger partial charge in [-0.15, -0.1) is 0 Å². The van der Waals surface area contributed by atoms with E-state index in [2.05, 4.69) is 31.4 Å². The second kappa shape index (κ2) is 5.32. The molecule has 0 bridgehead atoms. The number of H-pyrrole nitrogens is 1. The number of hydrogen-bond acceptors (Lipinski definition) is 4. The first-order chi connectivity index (χ1) is 8.88. The lowest BCUT2D eigenvalue weighted by Crippen LogP contribution is -2.11. The second-order valence-corrected chi connectivity index (χ2v) is 6.91. The van der Waals surface area contributed by atoms with E-state index in [4.69, 9.17) is 10.7 Å². The summed E-state index contributed by atoms with van der Waals surface area (Å²) in [4.78, 5) is 11.7. The third-order valence-electron chi connectivity index (χ3n) is 2.21. The summed E-state index contributed by atoms with van der Waals surface area (Å²) in [6, 6.07) is 4.20. The van der Waals surface area contributed by atoms with Gasteiger partial charge in [-0.3, -0.25) is 9.89 Å². The molecule has 1 heterocycles. The Morgan fingerprint density at radius 3 is 2.68 bits per heavy atom. The minimum absolute atomic E-state index is 0.0597. The summed E-state index contributed by atoms with van der Waals surface area (Å²) < 4.78 is 22.7. The molecule has 0 radical (unpaired) electrons. The van der Waals surface area contributed by atoms with Crippen molar-refractivity contribution >= 4 is 47.3 Å². The summed E-state index contributed by atoms with van der Waals surface area (Å²) in [6.07, 6.45) is 2.82. The van der Waals surface area contributed by atoms with E-state index in [0.29, 0.717) is 11.3 Å². The van der Waals surface area contributed by atoms with Crippen LogP contribution in [0, 0.1) is 0 Å². The number of carbonyl (C=O) groups excluding carboxylic acids is 1. The molecule has 0 unspecified atom stereocenters. The maximum Gasteiger partial charge on any atom is 0.262 e. The van der Waals surface area contributed by atoms with Crippen molar-refractivity contribution in [1.29, 1.82) is 0 Å². The molecule has 1 amide bonds. The van der Waals surface area contributed by atoms with Crippen LogP contribution in [0.2, 0.25) is 0 Å². The van der Waals surface area contributed by atoms with Crippen LogP contribution in [0.1, 0.15) is 10.4 Å². The van der Waals surface area contributed by atoms with E-state index in [1.165, 1.54) is 30.6 Å². The van der Waals surface area contributed by atoms with Gasteiger partial charge in [-0.25, -0.2) is 8.42 Å². The zero-order chi connectivity index (χ0) is 14.0. The average molecular weight is 365 g/mol. The molecular weight excluding hydrogens is 358 g/mol. The monoisotopic (exact) mass is 363 g/mol. The van der Waals surface area contributed by atoms with Crippen molar-refractivity contribution in [2.24, 2.45) is 0 Å². The van der Waals surface area contributed by atoms with Gasteiger partial charge in [-0.2, -0.15) is 5.10 Å². The molecule has 0 aliphatic heterocycles. The fourth-order valence-electron chi connectivity index (χ4n) is 1.35. The summed E-state index contributed by atoms with van der Waals surface area (Å²) in [7, 11) is 1.42. The van der Waals surface area contributed by atoms with Gasteiger partial charge in [0, 0.05) is 27.0 Å². The molecule has 19 heavy (non-hydrogen) atoms. The number of hydrogen-bond donors (Lipinski definition) is 2. The van der Waals surface area contributed by atoms with E-state index in [1.54, 1.807) is 0 Å². The molecule has 9 heteroatoms. The zero-order valence-corrected chi connectivity index (χ0v) is 12.4. The van der Waals surface area contributed by atoms with E-state index in [0.717, 1.165) is 0 Å². The molecule has 2 rings (SSSR count). The number of nitrogens with zero attached hydrogens (tertiary/aromatic N) is 1. The number of carbonyl (C=O) groups is 1. The highest BCUT2D eigenvalue weighted by Gasteiger charge is 2.15. The Morgan fingerprint density at radius 1 is 1.42 bits per heavy atom. The van der Waals surface area contributed by atoms with Gasteiger partial charge in [0.05, 0.1) is 16.7 Å². The van der Waals surface area contributed by atoms with Crippen LogP contribution in [0.25, 0.3) is 0 Å². The quantitative estimate of drug-likeness (QED) is 0.818. The number of aromatic nitrogens is 2. The van der Waals surface area contributed by atoms with Crippen LogP contribution >= 0.6 is 26.6 Å². The standard InChI is InChI=1S/C10H7BrClN3O3S/c11-8-3-7(1-2-9(8)19(12,17)18)15-10(16)6-4-13-14-5-6/h1-5H,(H,13,14)(H,15,16). The SMILES string of the molecule is O=C(Nc1ccc(S(=O)(=O)Cl)c(Br)c1)c1cn[nH]c1. The molecule has 100 valence electrons. The molecule has 6 nitrogen and oxygen atoms in total. The number of amides is 1. The lowest BCUT2D eigenvalue weighted by atomic mass is 10.3. The van der Waals surface area contributed by atoms with E-state index in [1.807, 2.05) is 0 Å². The van der Waals surface area contributed by atoms with Crippen molar-refractivity contribution in [3.8, 4) is 0 Å². The molecule has 2 N–H and O–H groups in total. The van der Waals surface area contributed by atoms with Crippen LogP contribution in [0.5, 0.6) is 0 Å². The highest BCUT2D eigenvalue weighted by atomic mass is 79.9. The highest BCUT2D eigenvalue weighted by molar-refractivity contribution is 9.10. The third-order valence-corrected chi connectivity index (χ3v) is 4.51. The van der Waals surface area contributed by atoms with Gasteiger partial charge in [-0.1, -0.05) is 0 Å². The molecule has 0 atom stereocenters. The van der Waals surface area contributed by atoms with Gasteiger partial charge >= 0.3 is 0 Å². The van der Waals surface area contributed by atoms with E-state index in [-0.39, 0.29) is 15.3 Å². The fourth-order valence-corrected chi connectivity index (χ4v) is 3.58. The summed E-state index contributed by atoms with van der Waals surface area (Å²) in [5.41, 5.74) is 0.798. The molecule has 0 fully saturated rings. The average Bonchev–Trinajstić information content (AvgIpc) is 2.80. The number of halogens is 2. The van der Waals surface area contributed by atoms with E-state index >= 15 is 0 Å².